The van der Waals surface area contributed by atoms with Crippen molar-refractivity contribution in [3.63, 3.8) is 0 Å². The van der Waals surface area contributed by atoms with Crippen molar-refractivity contribution in [1.29, 1.82) is 0 Å². The maximum atomic E-state index is 7.18. The quantitative estimate of drug-likeness (QED) is 0.188. The summed E-state index contributed by atoms with van der Waals surface area (Å²) in [5.74, 6) is 0.624. The fourth-order valence-corrected chi connectivity index (χ4v) is 7.97. The molecule has 0 fully saturated rings. The normalized spacial score (nSPS) is 11.8. The summed E-state index contributed by atoms with van der Waals surface area (Å²) in [4.78, 5) is 10.4. The number of furan rings is 1. The summed E-state index contributed by atoms with van der Waals surface area (Å²) < 4.78 is 9.56. The van der Waals surface area contributed by atoms with Crippen LogP contribution in [0.3, 0.4) is 0 Å². The van der Waals surface area contributed by atoms with Crippen molar-refractivity contribution in [3.05, 3.63) is 176 Å². The van der Waals surface area contributed by atoms with Crippen molar-refractivity contribution < 1.29 is 4.42 Å². The lowest BCUT2D eigenvalue weighted by molar-refractivity contribution is 0.667. The molecule has 242 valence electrons. The van der Waals surface area contributed by atoms with Gasteiger partial charge in [-0.15, -0.1) is 0 Å². The molecule has 0 aliphatic rings. The average Bonchev–Trinajstić information content (AvgIpc) is 3.76. The molecule has 0 N–H and O–H groups in total. The molecular weight excluding hydrogens is 635 g/mol. The minimum Gasteiger partial charge on any atom is -0.453 e. The summed E-state index contributed by atoms with van der Waals surface area (Å²) in [5.41, 5.74) is 9.53. The largest absolute Gasteiger partial charge is 0.453 e. The lowest BCUT2D eigenvalue weighted by atomic mass is 10.0. The van der Waals surface area contributed by atoms with Crippen LogP contribution in [0, 0.1) is 0 Å². The molecule has 0 radical (unpaired) electrons. The van der Waals surface area contributed by atoms with Gasteiger partial charge < -0.3 is 8.98 Å². The van der Waals surface area contributed by atoms with Gasteiger partial charge in [0, 0.05) is 32.7 Å². The highest BCUT2D eigenvalue weighted by Gasteiger charge is 2.23. The van der Waals surface area contributed by atoms with E-state index >= 15 is 0 Å². The van der Waals surface area contributed by atoms with Gasteiger partial charge in [-0.1, -0.05) is 140 Å². The zero-order valence-electron chi connectivity index (χ0n) is 28.0. The summed E-state index contributed by atoms with van der Waals surface area (Å²) in [6.07, 6.45) is 0. The fourth-order valence-electron chi connectivity index (χ4n) is 7.97. The van der Waals surface area contributed by atoms with Crippen LogP contribution in [0.2, 0.25) is 0 Å². The highest BCUT2D eigenvalue weighted by Crippen LogP contribution is 2.44. The molecule has 52 heavy (non-hydrogen) atoms. The van der Waals surface area contributed by atoms with E-state index in [0.717, 1.165) is 77.5 Å². The fraction of sp³-hybridized carbons (Fsp3) is 0. The molecule has 0 saturated heterocycles. The molecular formula is C48H29N3O. The molecule has 0 saturated carbocycles. The first-order valence-electron chi connectivity index (χ1n) is 17.6. The molecule has 0 aliphatic carbocycles. The van der Waals surface area contributed by atoms with E-state index in [1.165, 1.54) is 21.5 Å². The van der Waals surface area contributed by atoms with Gasteiger partial charge in [-0.25, -0.2) is 9.97 Å². The number of rotatable bonds is 4. The van der Waals surface area contributed by atoms with E-state index in [1.807, 2.05) is 36.4 Å². The minimum atomic E-state index is 0.624. The van der Waals surface area contributed by atoms with Crippen molar-refractivity contribution >= 4 is 65.3 Å². The predicted molar refractivity (Wildman–Crippen MR) is 215 cm³/mol. The Morgan fingerprint density at radius 2 is 1.00 bits per heavy atom. The zero-order valence-corrected chi connectivity index (χ0v) is 28.0. The second kappa shape index (κ2) is 11.2. The second-order valence-electron chi connectivity index (χ2n) is 13.4. The Morgan fingerprint density at radius 1 is 0.404 bits per heavy atom. The van der Waals surface area contributed by atoms with E-state index in [1.54, 1.807) is 0 Å². The number of benzene rings is 8. The average molecular weight is 664 g/mol. The predicted octanol–water partition coefficient (Wildman–Crippen LogP) is 12.8. The van der Waals surface area contributed by atoms with E-state index in [4.69, 9.17) is 14.4 Å². The maximum absolute atomic E-state index is 7.18. The Balaban J connectivity index is 1.24. The second-order valence-corrected chi connectivity index (χ2v) is 13.4. The van der Waals surface area contributed by atoms with Crippen LogP contribution in [0.25, 0.3) is 105 Å². The van der Waals surface area contributed by atoms with Gasteiger partial charge in [0.1, 0.15) is 5.58 Å². The molecule has 0 atom stereocenters. The molecule has 0 unspecified atom stereocenters. The van der Waals surface area contributed by atoms with E-state index in [-0.39, 0.29) is 0 Å². The summed E-state index contributed by atoms with van der Waals surface area (Å²) in [5, 5.41) is 9.26. The van der Waals surface area contributed by atoms with Crippen LogP contribution in [-0.4, -0.2) is 14.5 Å². The molecule has 3 heterocycles. The van der Waals surface area contributed by atoms with Gasteiger partial charge in [0.05, 0.1) is 33.7 Å². The number of fused-ring (bicyclic) bond motifs is 9. The first-order chi connectivity index (χ1) is 25.8. The first kappa shape index (κ1) is 28.8. The Labute approximate surface area is 298 Å². The molecule has 0 aliphatic heterocycles. The molecule has 8 aromatic carbocycles. The Morgan fingerprint density at radius 3 is 1.73 bits per heavy atom. The monoisotopic (exact) mass is 663 g/mol. The minimum absolute atomic E-state index is 0.624. The van der Waals surface area contributed by atoms with Gasteiger partial charge in [0.2, 0.25) is 0 Å². The zero-order chi connectivity index (χ0) is 34.2. The Hall–Kier alpha value is -7.04. The van der Waals surface area contributed by atoms with Crippen LogP contribution in [0.1, 0.15) is 0 Å². The molecule has 11 rings (SSSR count). The van der Waals surface area contributed by atoms with E-state index in [9.17, 15) is 0 Å². The molecule has 0 bridgehead atoms. The van der Waals surface area contributed by atoms with Gasteiger partial charge in [-0.05, 0) is 57.9 Å². The third-order valence-corrected chi connectivity index (χ3v) is 10.4. The molecule has 0 spiro atoms. The number of hydrogen-bond acceptors (Lipinski definition) is 3. The van der Waals surface area contributed by atoms with Crippen LogP contribution in [0.4, 0.5) is 0 Å². The van der Waals surface area contributed by atoms with Gasteiger partial charge in [0.15, 0.2) is 11.4 Å². The third-order valence-electron chi connectivity index (χ3n) is 10.4. The van der Waals surface area contributed by atoms with Crippen molar-refractivity contribution in [2.75, 3.05) is 0 Å². The van der Waals surface area contributed by atoms with Gasteiger partial charge in [-0.2, -0.15) is 0 Å². The number of nitrogens with zero attached hydrogens (tertiary/aromatic N) is 3. The van der Waals surface area contributed by atoms with Crippen LogP contribution in [0.15, 0.2) is 180 Å². The molecule has 11 aromatic rings. The van der Waals surface area contributed by atoms with E-state index in [2.05, 4.69) is 144 Å². The van der Waals surface area contributed by atoms with Gasteiger partial charge in [-0.3, -0.25) is 0 Å². The third kappa shape index (κ3) is 4.34. The summed E-state index contributed by atoms with van der Waals surface area (Å²) in [7, 11) is 0. The number of aromatic nitrogens is 3. The van der Waals surface area contributed by atoms with Gasteiger partial charge >= 0.3 is 0 Å². The standard InChI is InChI=1S/C48H29N3O/c1-3-14-30(15-4-1)40-29-41(31-16-5-2-6-17-31)50-48(49-40)38-24-13-23-37-45-35-21-10-9-20-34(35)28-44(47(45)52-46(37)38)51-42-25-12-11-22-36(42)39-26-32-18-7-8-19-33(32)27-43(39)51/h1-29H. The lowest BCUT2D eigenvalue weighted by Crippen LogP contribution is -1.96. The molecule has 4 heteroatoms. The molecule has 4 nitrogen and oxygen atoms in total. The maximum Gasteiger partial charge on any atom is 0.164 e. The van der Waals surface area contributed by atoms with Crippen LogP contribution in [0.5, 0.6) is 0 Å². The number of hydrogen-bond donors (Lipinski definition) is 0. The van der Waals surface area contributed by atoms with Crippen molar-refractivity contribution in [2.45, 2.75) is 0 Å². The van der Waals surface area contributed by atoms with Crippen molar-refractivity contribution in [1.82, 2.24) is 14.5 Å². The smallest absolute Gasteiger partial charge is 0.164 e. The Bertz CT molecular complexity index is 3120. The van der Waals surface area contributed by atoms with E-state index < -0.39 is 0 Å². The molecule has 3 aromatic heterocycles. The number of para-hydroxylation sites is 2. The summed E-state index contributed by atoms with van der Waals surface area (Å²) >= 11 is 0. The van der Waals surface area contributed by atoms with E-state index in [0.29, 0.717) is 5.82 Å². The van der Waals surface area contributed by atoms with Crippen LogP contribution < -0.4 is 0 Å². The van der Waals surface area contributed by atoms with Crippen molar-refractivity contribution in [3.8, 4) is 39.6 Å². The van der Waals surface area contributed by atoms with Crippen LogP contribution >= 0.6 is 0 Å². The summed E-state index contributed by atoms with van der Waals surface area (Å²) in [6, 6.07) is 61.8. The van der Waals surface area contributed by atoms with Crippen LogP contribution in [-0.2, 0) is 0 Å². The highest BCUT2D eigenvalue weighted by molar-refractivity contribution is 6.24. The topological polar surface area (TPSA) is 43.9 Å². The SMILES string of the molecule is c1ccc(-c2cc(-c3ccccc3)nc(-c3cccc4c3oc3c(-n5c6ccccc6c6cc7ccccc7cc65)cc5ccccc5c34)n2)cc1. The first-order valence-corrected chi connectivity index (χ1v) is 17.6. The lowest BCUT2D eigenvalue weighted by Gasteiger charge is -2.11. The molecule has 0 amide bonds. The summed E-state index contributed by atoms with van der Waals surface area (Å²) in [6.45, 7) is 0. The van der Waals surface area contributed by atoms with Gasteiger partial charge in [0.25, 0.3) is 0 Å². The van der Waals surface area contributed by atoms with Crippen molar-refractivity contribution in [2.24, 2.45) is 0 Å². The Kier molecular flexibility index (Phi) is 6.22. The highest BCUT2D eigenvalue weighted by atomic mass is 16.3.